The normalized spacial score (nSPS) is 23.3. The van der Waals surface area contributed by atoms with E-state index in [1.807, 2.05) is 0 Å². The number of esters is 8. The highest BCUT2D eigenvalue weighted by Gasteiger charge is 2.45. The molecule has 50 heavy (non-hydrogen) atoms. The van der Waals surface area contributed by atoms with Crippen LogP contribution in [0, 0.1) is 23.7 Å². The average molecular weight is 693 g/mol. The Hall–Kier alpha value is -5.00. The molecule has 0 N–H and O–H groups in total. The zero-order valence-corrected chi connectivity index (χ0v) is 28.9. The zero-order chi connectivity index (χ0) is 36.8. The standard InChI is InChI=1S/2C8H10O3.2C8H4O3.2C3H8/c4*9-7-5-3-1-2-4-6(5)8(10)11-7;2*1-3-2/h2*5-6H,1-4H2;2*1-4H;2*3H2,1-2H3. The van der Waals surface area contributed by atoms with E-state index in [-0.39, 0.29) is 47.5 Å². The number of hydrogen-bond donors (Lipinski definition) is 0. The molecule has 268 valence electrons. The quantitative estimate of drug-likeness (QED) is 0.165. The van der Waals surface area contributed by atoms with Gasteiger partial charge in [0, 0.05) is 0 Å². The van der Waals surface area contributed by atoms with Crippen LogP contribution in [-0.4, -0.2) is 47.8 Å². The molecule has 0 spiro atoms. The van der Waals surface area contributed by atoms with Gasteiger partial charge in [-0.25, -0.2) is 19.2 Å². The Morgan fingerprint density at radius 2 is 0.600 bits per heavy atom. The Morgan fingerprint density at radius 3 is 0.800 bits per heavy atom. The van der Waals surface area contributed by atoms with Crippen LogP contribution in [0.25, 0.3) is 0 Å². The summed E-state index contributed by atoms with van der Waals surface area (Å²) >= 11 is 0. The average Bonchev–Trinajstić information content (AvgIpc) is 3.79. The third-order valence-corrected chi connectivity index (χ3v) is 8.25. The molecule has 2 aromatic rings. The lowest BCUT2D eigenvalue weighted by molar-refractivity contribution is -0.155. The predicted octanol–water partition coefficient (Wildman–Crippen LogP) is 6.58. The molecule has 4 heterocycles. The van der Waals surface area contributed by atoms with Gasteiger partial charge in [0.05, 0.1) is 45.9 Å². The van der Waals surface area contributed by atoms with Gasteiger partial charge in [0.15, 0.2) is 0 Å². The highest BCUT2D eigenvalue weighted by atomic mass is 16.6. The molecule has 6 aliphatic rings. The van der Waals surface area contributed by atoms with Gasteiger partial charge in [-0.1, -0.05) is 90.5 Å². The van der Waals surface area contributed by atoms with Crippen LogP contribution >= 0.6 is 0 Å². The van der Waals surface area contributed by atoms with Crippen LogP contribution in [-0.2, 0) is 38.1 Å². The summed E-state index contributed by atoms with van der Waals surface area (Å²) in [6.07, 6.45) is 10.1. The van der Waals surface area contributed by atoms with E-state index < -0.39 is 23.9 Å². The van der Waals surface area contributed by atoms with Crippen molar-refractivity contribution in [1.29, 1.82) is 0 Å². The number of carbonyl (C=O) groups excluding carboxylic acids is 8. The fraction of sp³-hybridized carbons (Fsp3) is 0.474. The molecule has 0 radical (unpaired) electrons. The van der Waals surface area contributed by atoms with Crippen LogP contribution in [0.4, 0.5) is 0 Å². The topological polar surface area (TPSA) is 173 Å². The number of rotatable bonds is 0. The van der Waals surface area contributed by atoms with E-state index in [1.165, 1.54) is 12.8 Å². The first-order valence-corrected chi connectivity index (χ1v) is 17.2. The number of carbonyl (C=O) groups is 8. The van der Waals surface area contributed by atoms with Crippen LogP contribution in [0.5, 0.6) is 0 Å². The van der Waals surface area contributed by atoms with Crippen molar-refractivity contribution in [3.8, 4) is 0 Å². The van der Waals surface area contributed by atoms with Crippen LogP contribution in [0.1, 0.15) is 133 Å². The summed E-state index contributed by atoms with van der Waals surface area (Å²) in [4.78, 5) is 87.2. The van der Waals surface area contributed by atoms with Crippen molar-refractivity contribution in [2.45, 2.75) is 91.9 Å². The van der Waals surface area contributed by atoms with Crippen molar-refractivity contribution in [2.24, 2.45) is 23.7 Å². The lowest BCUT2D eigenvalue weighted by atomic mass is 9.81. The molecule has 2 aromatic carbocycles. The second-order valence-corrected chi connectivity index (χ2v) is 12.3. The Morgan fingerprint density at radius 1 is 0.400 bits per heavy atom. The van der Waals surface area contributed by atoms with E-state index >= 15 is 0 Å². The van der Waals surface area contributed by atoms with Gasteiger partial charge < -0.3 is 18.9 Å². The fourth-order valence-electron chi connectivity index (χ4n) is 5.96. The van der Waals surface area contributed by atoms with E-state index in [0.29, 0.717) is 22.3 Å². The molecule has 4 atom stereocenters. The zero-order valence-electron chi connectivity index (χ0n) is 28.9. The molecule has 0 amide bonds. The van der Waals surface area contributed by atoms with Crippen LogP contribution in [0.15, 0.2) is 48.5 Å². The molecule has 4 unspecified atom stereocenters. The van der Waals surface area contributed by atoms with Gasteiger partial charge in [0.25, 0.3) is 0 Å². The van der Waals surface area contributed by atoms with Gasteiger partial charge in [-0.05, 0) is 49.9 Å². The van der Waals surface area contributed by atoms with Crippen molar-refractivity contribution in [3.63, 3.8) is 0 Å². The van der Waals surface area contributed by atoms with Crippen LogP contribution in [0.3, 0.4) is 0 Å². The van der Waals surface area contributed by atoms with E-state index in [2.05, 4.69) is 46.6 Å². The number of hydrogen-bond acceptors (Lipinski definition) is 12. The third-order valence-electron chi connectivity index (χ3n) is 8.25. The molecule has 2 saturated carbocycles. The van der Waals surface area contributed by atoms with Crippen molar-refractivity contribution in [1.82, 2.24) is 0 Å². The number of ether oxygens (including phenoxy) is 4. The highest BCUT2D eigenvalue weighted by molar-refractivity contribution is 6.15. The first-order valence-electron chi connectivity index (χ1n) is 17.2. The van der Waals surface area contributed by atoms with Gasteiger partial charge >= 0.3 is 47.8 Å². The first-order chi connectivity index (χ1) is 24.0. The molecule has 0 bridgehead atoms. The number of benzene rings is 2. The molecule has 12 heteroatoms. The van der Waals surface area contributed by atoms with Crippen molar-refractivity contribution >= 4 is 47.8 Å². The Kier molecular flexibility index (Phi) is 15.2. The second kappa shape index (κ2) is 19.3. The van der Waals surface area contributed by atoms with Crippen molar-refractivity contribution in [2.75, 3.05) is 0 Å². The maximum absolute atomic E-state index is 11.0. The van der Waals surface area contributed by atoms with Crippen LogP contribution < -0.4 is 0 Å². The van der Waals surface area contributed by atoms with E-state index in [1.54, 1.807) is 48.5 Å². The molecule has 8 rings (SSSR count). The summed E-state index contributed by atoms with van der Waals surface area (Å²) in [6.45, 7) is 8.50. The Balaban J connectivity index is 0.000000171. The smallest absolute Gasteiger partial charge is 0.346 e. The predicted molar refractivity (Wildman–Crippen MR) is 177 cm³/mol. The van der Waals surface area contributed by atoms with Crippen LogP contribution in [0.2, 0.25) is 0 Å². The first kappa shape index (κ1) is 39.4. The minimum atomic E-state index is -0.550. The Labute approximate surface area is 291 Å². The molecule has 12 nitrogen and oxygen atoms in total. The SMILES string of the molecule is CCC.CCC.O=C1OC(=O)C2CCCCC12.O=C1OC(=O)C2CCCCC12.O=C1OC(=O)c2ccccc21.O=C1OC(=O)c2ccccc21. The molecular weight excluding hydrogens is 648 g/mol. The molecule has 2 saturated heterocycles. The van der Waals surface area contributed by atoms with Crippen molar-refractivity contribution < 1.29 is 57.3 Å². The lowest BCUT2D eigenvalue weighted by Gasteiger charge is -2.18. The molecule has 4 aliphatic heterocycles. The summed E-state index contributed by atoms with van der Waals surface area (Å²) in [5, 5.41) is 0. The Bertz CT molecular complexity index is 1360. The summed E-state index contributed by atoms with van der Waals surface area (Å²) in [6, 6.07) is 13.1. The molecule has 4 fully saturated rings. The minimum absolute atomic E-state index is 0.101. The fourth-order valence-corrected chi connectivity index (χ4v) is 5.96. The second-order valence-electron chi connectivity index (χ2n) is 12.3. The monoisotopic (exact) mass is 692 g/mol. The van der Waals surface area contributed by atoms with E-state index in [0.717, 1.165) is 51.4 Å². The van der Waals surface area contributed by atoms with Gasteiger partial charge in [-0.3, -0.25) is 19.2 Å². The maximum Gasteiger partial charge on any atom is 0.346 e. The third kappa shape index (κ3) is 10.0. The molecule has 0 aromatic heterocycles. The molecular formula is C38H44O12. The summed E-state index contributed by atoms with van der Waals surface area (Å²) in [5.41, 5.74) is 1.44. The lowest BCUT2D eigenvalue weighted by Crippen LogP contribution is -2.21. The van der Waals surface area contributed by atoms with Gasteiger partial charge in [0.2, 0.25) is 0 Å². The summed E-state index contributed by atoms with van der Waals surface area (Å²) in [5.74, 6) is -3.77. The van der Waals surface area contributed by atoms with Gasteiger partial charge in [0.1, 0.15) is 0 Å². The largest absolute Gasteiger partial charge is 0.393 e. The molecule has 2 aliphatic carbocycles. The highest BCUT2D eigenvalue weighted by Crippen LogP contribution is 2.37. The van der Waals surface area contributed by atoms with E-state index in [9.17, 15) is 38.4 Å². The van der Waals surface area contributed by atoms with Gasteiger partial charge in [-0.2, -0.15) is 0 Å². The van der Waals surface area contributed by atoms with Crippen molar-refractivity contribution in [3.05, 3.63) is 70.8 Å². The number of fused-ring (bicyclic) bond motifs is 4. The summed E-state index contributed by atoms with van der Waals surface area (Å²) < 4.78 is 17.8. The minimum Gasteiger partial charge on any atom is -0.393 e. The summed E-state index contributed by atoms with van der Waals surface area (Å²) in [7, 11) is 0. The van der Waals surface area contributed by atoms with Gasteiger partial charge in [-0.15, -0.1) is 0 Å². The maximum atomic E-state index is 11.0. The number of cyclic esters (lactones) is 8. The van der Waals surface area contributed by atoms with E-state index in [4.69, 9.17) is 0 Å².